The third kappa shape index (κ3) is 3.54. The van der Waals surface area contributed by atoms with E-state index in [0.29, 0.717) is 6.04 Å². The number of nitrogens with zero attached hydrogens (tertiary/aromatic N) is 1. The van der Waals surface area contributed by atoms with Crippen molar-refractivity contribution in [3.05, 3.63) is 29.3 Å². The van der Waals surface area contributed by atoms with E-state index in [1.807, 2.05) is 0 Å². The zero-order valence-electron chi connectivity index (χ0n) is 13.4. The molecule has 0 radical (unpaired) electrons. The maximum absolute atomic E-state index is 6.13. The van der Waals surface area contributed by atoms with Crippen molar-refractivity contribution >= 4 is 5.69 Å². The molecule has 1 aromatic carbocycles. The van der Waals surface area contributed by atoms with Crippen molar-refractivity contribution in [2.75, 3.05) is 18.5 Å². The van der Waals surface area contributed by atoms with Crippen LogP contribution in [0.4, 0.5) is 5.69 Å². The molecule has 0 amide bonds. The van der Waals surface area contributed by atoms with Gasteiger partial charge in [-0.2, -0.15) is 0 Å². The van der Waals surface area contributed by atoms with Gasteiger partial charge in [0.05, 0.1) is 0 Å². The van der Waals surface area contributed by atoms with Gasteiger partial charge in [0.2, 0.25) is 0 Å². The van der Waals surface area contributed by atoms with Crippen LogP contribution in [-0.2, 0) is 0 Å². The SMILES string of the molecule is Cc1ccc(N(C)C(CN)C2CCCCCC2)c(C)c1. The van der Waals surface area contributed by atoms with Crippen LogP contribution in [0.15, 0.2) is 18.2 Å². The van der Waals surface area contributed by atoms with E-state index in [2.05, 4.69) is 44.0 Å². The number of benzene rings is 1. The summed E-state index contributed by atoms with van der Waals surface area (Å²) in [6.45, 7) is 5.12. The van der Waals surface area contributed by atoms with Crippen LogP contribution in [0.1, 0.15) is 49.7 Å². The predicted molar refractivity (Wildman–Crippen MR) is 88.4 cm³/mol. The normalized spacial score (nSPS) is 18.6. The maximum Gasteiger partial charge on any atom is 0.0437 e. The van der Waals surface area contributed by atoms with Gasteiger partial charge in [-0.3, -0.25) is 0 Å². The van der Waals surface area contributed by atoms with Gasteiger partial charge in [0.25, 0.3) is 0 Å². The molecule has 0 aliphatic heterocycles. The fraction of sp³-hybridized carbons (Fsp3) is 0.667. The average Bonchev–Trinajstić information content (AvgIpc) is 2.68. The summed E-state index contributed by atoms with van der Waals surface area (Å²) in [6, 6.07) is 7.21. The molecule has 0 heterocycles. The molecule has 2 heteroatoms. The quantitative estimate of drug-likeness (QED) is 0.840. The van der Waals surface area contributed by atoms with Crippen molar-refractivity contribution in [2.24, 2.45) is 11.7 Å². The Labute approximate surface area is 124 Å². The Hall–Kier alpha value is -1.02. The Morgan fingerprint density at radius 3 is 2.35 bits per heavy atom. The predicted octanol–water partition coefficient (Wildman–Crippen LogP) is 4.04. The van der Waals surface area contributed by atoms with Gasteiger partial charge < -0.3 is 10.6 Å². The monoisotopic (exact) mass is 274 g/mol. The molecule has 1 saturated carbocycles. The van der Waals surface area contributed by atoms with Crippen LogP contribution < -0.4 is 10.6 Å². The second kappa shape index (κ2) is 7.12. The molecule has 1 aromatic rings. The van der Waals surface area contributed by atoms with Gasteiger partial charge in [-0.05, 0) is 44.2 Å². The molecule has 1 aliphatic rings. The van der Waals surface area contributed by atoms with Crippen molar-refractivity contribution in [3.8, 4) is 0 Å². The highest BCUT2D eigenvalue weighted by Crippen LogP contribution is 2.31. The lowest BCUT2D eigenvalue weighted by atomic mass is 9.90. The number of anilines is 1. The van der Waals surface area contributed by atoms with Crippen molar-refractivity contribution < 1.29 is 0 Å². The lowest BCUT2D eigenvalue weighted by Gasteiger charge is -2.36. The van der Waals surface area contributed by atoms with E-state index < -0.39 is 0 Å². The van der Waals surface area contributed by atoms with Gasteiger partial charge >= 0.3 is 0 Å². The minimum absolute atomic E-state index is 0.481. The minimum Gasteiger partial charge on any atom is -0.370 e. The Kier molecular flexibility index (Phi) is 5.47. The van der Waals surface area contributed by atoms with Gasteiger partial charge in [0.15, 0.2) is 0 Å². The summed E-state index contributed by atoms with van der Waals surface area (Å²) in [5, 5.41) is 0. The van der Waals surface area contributed by atoms with Crippen molar-refractivity contribution in [3.63, 3.8) is 0 Å². The number of aryl methyl sites for hydroxylation is 2. The van der Waals surface area contributed by atoms with Gasteiger partial charge in [0, 0.05) is 25.3 Å². The first-order valence-electron chi connectivity index (χ1n) is 8.13. The molecule has 0 saturated heterocycles. The Morgan fingerprint density at radius 2 is 1.80 bits per heavy atom. The first-order valence-corrected chi connectivity index (χ1v) is 8.13. The summed E-state index contributed by atoms with van der Waals surface area (Å²) in [5.74, 6) is 0.758. The first kappa shape index (κ1) is 15.4. The van der Waals surface area contributed by atoms with E-state index in [9.17, 15) is 0 Å². The summed E-state index contributed by atoms with van der Waals surface area (Å²) in [6.07, 6.45) is 8.25. The van der Waals surface area contributed by atoms with Gasteiger partial charge in [-0.1, -0.05) is 43.4 Å². The Bertz CT molecular complexity index is 419. The fourth-order valence-corrected chi connectivity index (χ4v) is 3.74. The number of likely N-dealkylation sites (N-methyl/N-ethyl adjacent to an activating group) is 1. The van der Waals surface area contributed by atoms with E-state index in [1.54, 1.807) is 0 Å². The summed E-state index contributed by atoms with van der Waals surface area (Å²) in [4.78, 5) is 2.44. The Morgan fingerprint density at radius 1 is 1.15 bits per heavy atom. The number of nitrogens with two attached hydrogens (primary N) is 1. The molecule has 1 fully saturated rings. The molecule has 1 unspecified atom stereocenters. The highest BCUT2D eigenvalue weighted by atomic mass is 15.1. The largest absolute Gasteiger partial charge is 0.370 e. The van der Waals surface area contributed by atoms with Crippen LogP contribution in [0.3, 0.4) is 0 Å². The highest BCUT2D eigenvalue weighted by Gasteiger charge is 2.25. The lowest BCUT2D eigenvalue weighted by Crippen LogP contribution is -2.44. The van der Waals surface area contributed by atoms with Crippen molar-refractivity contribution in [1.29, 1.82) is 0 Å². The lowest BCUT2D eigenvalue weighted by molar-refractivity contribution is 0.368. The Balaban J connectivity index is 2.16. The third-order valence-electron chi connectivity index (χ3n) is 4.92. The molecule has 2 N–H and O–H groups in total. The van der Waals surface area contributed by atoms with Crippen molar-refractivity contribution in [2.45, 2.75) is 58.4 Å². The van der Waals surface area contributed by atoms with E-state index in [0.717, 1.165) is 12.5 Å². The van der Waals surface area contributed by atoms with E-state index >= 15 is 0 Å². The van der Waals surface area contributed by atoms with Crippen LogP contribution in [0.25, 0.3) is 0 Å². The molecular formula is C18H30N2. The average molecular weight is 274 g/mol. The van der Waals surface area contributed by atoms with Gasteiger partial charge in [0.1, 0.15) is 0 Å². The highest BCUT2D eigenvalue weighted by molar-refractivity contribution is 5.54. The molecule has 1 atom stereocenters. The zero-order valence-corrected chi connectivity index (χ0v) is 13.4. The molecule has 20 heavy (non-hydrogen) atoms. The molecular weight excluding hydrogens is 244 g/mol. The van der Waals surface area contributed by atoms with Crippen LogP contribution in [0.2, 0.25) is 0 Å². The standard InChI is InChI=1S/C18H30N2/c1-14-10-11-17(15(2)12-14)20(3)18(13-19)16-8-6-4-5-7-9-16/h10-12,16,18H,4-9,13,19H2,1-3H3. The van der Waals surface area contributed by atoms with Crippen LogP contribution in [-0.4, -0.2) is 19.6 Å². The number of rotatable bonds is 4. The second-order valence-corrected chi connectivity index (χ2v) is 6.46. The molecule has 0 spiro atoms. The summed E-state index contributed by atoms with van der Waals surface area (Å²) in [7, 11) is 2.22. The van der Waals surface area contributed by atoms with E-state index in [-0.39, 0.29) is 0 Å². The van der Waals surface area contributed by atoms with Gasteiger partial charge in [-0.15, -0.1) is 0 Å². The molecule has 2 nitrogen and oxygen atoms in total. The summed E-state index contributed by atoms with van der Waals surface area (Å²) in [5.41, 5.74) is 10.2. The second-order valence-electron chi connectivity index (χ2n) is 6.46. The molecule has 1 aliphatic carbocycles. The van der Waals surface area contributed by atoms with Crippen molar-refractivity contribution in [1.82, 2.24) is 0 Å². The molecule has 112 valence electrons. The summed E-state index contributed by atoms with van der Waals surface area (Å²) < 4.78 is 0. The van der Waals surface area contributed by atoms with Crippen LogP contribution in [0, 0.1) is 19.8 Å². The molecule has 0 aromatic heterocycles. The first-order chi connectivity index (χ1) is 9.63. The third-order valence-corrected chi connectivity index (χ3v) is 4.92. The maximum atomic E-state index is 6.13. The smallest absolute Gasteiger partial charge is 0.0437 e. The van der Waals surface area contributed by atoms with Crippen LogP contribution >= 0.6 is 0 Å². The molecule has 2 rings (SSSR count). The van der Waals surface area contributed by atoms with E-state index in [4.69, 9.17) is 5.73 Å². The number of hydrogen-bond acceptors (Lipinski definition) is 2. The minimum atomic E-state index is 0.481. The van der Waals surface area contributed by atoms with Gasteiger partial charge in [-0.25, -0.2) is 0 Å². The van der Waals surface area contributed by atoms with E-state index in [1.165, 1.54) is 55.3 Å². The molecule has 0 bridgehead atoms. The summed E-state index contributed by atoms with van der Waals surface area (Å²) >= 11 is 0. The zero-order chi connectivity index (χ0) is 14.5. The van der Waals surface area contributed by atoms with Crippen LogP contribution in [0.5, 0.6) is 0 Å². The fourth-order valence-electron chi connectivity index (χ4n) is 3.74. The topological polar surface area (TPSA) is 29.3 Å². The number of hydrogen-bond donors (Lipinski definition) is 1.